The zero-order valence-corrected chi connectivity index (χ0v) is 17.5. The maximum absolute atomic E-state index is 12.7. The van der Waals surface area contributed by atoms with Crippen LogP contribution in [-0.2, 0) is 20.7 Å². The minimum Gasteiger partial charge on any atom is -0.480 e. The highest BCUT2D eigenvalue weighted by molar-refractivity contribution is 5.89. The second-order valence-corrected chi connectivity index (χ2v) is 8.01. The van der Waals surface area contributed by atoms with Crippen LogP contribution in [0.3, 0.4) is 0 Å². The molecule has 0 unspecified atom stereocenters. The van der Waals surface area contributed by atoms with Crippen LogP contribution in [0.2, 0.25) is 0 Å². The summed E-state index contributed by atoms with van der Waals surface area (Å²) in [5.74, 6) is -1.78. The fourth-order valence-corrected chi connectivity index (χ4v) is 2.92. The van der Waals surface area contributed by atoms with Crippen molar-refractivity contribution in [3.63, 3.8) is 0 Å². The van der Waals surface area contributed by atoms with Gasteiger partial charge in [-0.2, -0.15) is 0 Å². The van der Waals surface area contributed by atoms with Gasteiger partial charge in [0.1, 0.15) is 17.7 Å². The molecule has 0 bridgehead atoms. The van der Waals surface area contributed by atoms with Gasteiger partial charge in [0.15, 0.2) is 0 Å². The summed E-state index contributed by atoms with van der Waals surface area (Å²) < 4.78 is 5.17. The quantitative estimate of drug-likeness (QED) is 0.576. The molecule has 0 saturated carbocycles. The standard InChI is InChI=1S/C23H28N2O5/c1-5-8-18(25-22(29)30-23(2,3)4)20(26)24-19(21(27)28)14-15-11-12-16-9-6-7-10-17(16)13-15/h5-7,9-13,18-19H,1,8,14H2,2-4H3,(H,24,26)(H,25,29)(H,27,28)/t18-,19-/m0/s1. The molecule has 0 aliphatic rings. The zero-order valence-electron chi connectivity index (χ0n) is 17.5. The van der Waals surface area contributed by atoms with E-state index in [-0.39, 0.29) is 12.8 Å². The molecule has 0 heterocycles. The Morgan fingerprint density at radius 1 is 1.07 bits per heavy atom. The number of carbonyl (C=O) groups excluding carboxylic acids is 2. The van der Waals surface area contributed by atoms with Gasteiger partial charge >= 0.3 is 12.1 Å². The molecule has 2 rings (SSSR count). The van der Waals surface area contributed by atoms with Crippen LogP contribution in [0.15, 0.2) is 55.1 Å². The maximum atomic E-state index is 12.7. The lowest BCUT2D eigenvalue weighted by atomic mass is 10.0. The second-order valence-electron chi connectivity index (χ2n) is 8.01. The molecule has 160 valence electrons. The van der Waals surface area contributed by atoms with Gasteiger partial charge in [-0.05, 0) is 43.5 Å². The van der Waals surface area contributed by atoms with Crippen molar-refractivity contribution in [3.8, 4) is 0 Å². The monoisotopic (exact) mass is 412 g/mol. The van der Waals surface area contributed by atoms with Gasteiger partial charge in [-0.1, -0.05) is 48.5 Å². The van der Waals surface area contributed by atoms with E-state index in [0.717, 1.165) is 16.3 Å². The van der Waals surface area contributed by atoms with Crippen molar-refractivity contribution in [3.05, 3.63) is 60.7 Å². The molecule has 0 radical (unpaired) electrons. The number of ether oxygens (including phenoxy) is 1. The average molecular weight is 412 g/mol. The third-order valence-corrected chi connectivity index (χ3v) is 4.28. The summed E-state index contributed by atoms with van der Waals surface area (Å²) in [6, 6.07) is 11.3. The van der Waals surface area contributed by atoms with E-state index in [0.29, 0.717) is 0 Å². The lowest BCUT2D eigenvalue weighted by molar-refractivity contribution is -0.142. The summed E-state index contributed by atoms with van der Waals surface area (Å²) in [6.07, 6.45) is 0.957. The number of aliphatic carboxylic acids is 1. The van der Waals surface area contributed by atoms with Crippen molar-refractivity contribution in [2.45, 2.75) is 51.3 Å². The van der Waals surface area contributed by atoms with Crippen molar-refractivity contribution >= 4 is 28.7 Å². The van der Waals surface area contributed by atoms with E-state index in [1.807, 2.05) is 42.5 Å². The van der Waals surface area contributed by atoms with E-state index in [4.69, 9.17) is 4.74 Å². The summed E-state index contributed by atoms with van der Waals surface area (Å²) in [4.78, 5) is 36.4. The molecule has 0 spiro atoms. The molecule has 0 aromatic heterocycles. The summed E-state index contributed by atoms with van der Waals surface area (Å²) in [5.41, 5.74) is 0.0562. The third kappa shape index (κ3) is 6.92. The van der Waals surface area contributed by atoms with Crippen molar-refractivity contribution in [1.82, 2.24) is 10.6 Å². The number of fused-ring (bicyclic) bond motifs is 1. The van der Waals surface area contributed by atoms with Crippen molar-refractivity contribution in [2.75, 3.05) is 0 Å². The van der Waals surface area contributed by atoms with Gasteiger partial charge in [-0.15, -0.1) is 6.58 Å². The highest BCUT2D eigenvalue weighted by Gasteiger charge is 2.27. The van der Waals surface area contributed by atoms with Crippen LogP contribution in [0.1, 0.15) is 32.8 Å². The van der Waals surface area contributed by atoms with E-state index in [1.54, 1.807) is 20.8 Å². The minimum absolute atomic E-state index is 0.110. The molecule has 2 amide bonds. The van der Waals surface area contributed by atoms with Crippen molar-refractivity contribution in [2.24, 2.45) is 0 Å². The zero-order chi connectivity index (χ0) is 22.3. The van der Waals surface area contributed by atoms with Crippen LogP contribution in [0.4, 0.5) is 4.79 Å². The fraction of sp³-hybridized carbons (Fsp3) is 0.348. The Hall–Kier alpha value is -3.35. The molecular formula is C23H28N2O5. The Labute approximate surface area is 176 Å². The Morgan fingerprint density at radius 2 is 1.73 bits per heavy atom. The van der Waals surface area contributed by atoms with Crippen LogP contribution in [0.5, 0.6) is 0 Å². The number of carboxylic acids is 1. The first-order valence-electron chi connectivity index (χ1n) is 9.70. The SMILES string of the molecule is C=CC[C@H](NC(=O)OC(C)(C)C)C(=O)N[C@@H](Cc1ccc2ccccc2c1)C(=O)O. The molecule has 2 aromatic carbocycles. The summed E-state index contributed by atoms with van der Waals surface area (Å²) in [6.45, 7) is 8.71. The van der Waals surface area contributed by atoms with E-state index < -0.39 is 35.7 Å². The molecule has 2 atom stereocenters. The van der Waals surface area contributed by atoms with E-state index in [9.17, 15) is 19.5 Å². The van der Waals surface area contributed by atoms with Crippen molar-refractivity contribution < 1.29 is 24.2 Å². The number of alkyl carbamates (subject to hydrolysis) is 1. The number of benzene rings is 2. The van der Waals surface area contributed by atoms with Crippen LogP contribution in [-0.4, -0.2) is 40.8 Å². The van der Waals surface area contributed by atoms with Crippen molar-refractivity contribution in [1.29, 1.82) is 0 Å². The average Bonchev–Trinajstić information content (AvgIpc) is 2.65. The Morgan fingerprint density at radius 3 is 2.33 bits per heavy atom. The molecule has 3 N–H and O–H groups in total. The molecule has 7 nitrogen and oxygen atoms in total. The molecule has 7 heteroatoms. The maximum Gasteiger partial charge on any atom is 0.408 e. The predicted octanol–water partition coefficient (Wildman–Crippen LogP) is 3.42. The summed E-state index contributed by atoms with van der Waals surface area (Å²) in [7, 11) is 0. The number of hydrogen-bond acceptors (Lipinski definition) is 4. The number of rotatable bonds is 8. The predicted molar refractivity (Wildman–Crippen MR) is 115 cm³/mol. The van der Waals surface area contributed by atoms with E-state index >= 15 is 0 Å². The number of carbonyl (C=O) groups is 3. The molecule has 0 aliphatic carbocycles. The number of amides is 2. The largest absolute Gasteiger partial charge is 0.480 e. The molecule has 30 heavy (non-hydrogen) atoms. The molecule has 2 aromatic rings. The Balaban J connectivity index is 2.10. The molecule has 0 saturated heterocycles. The van der Waals surface area contributed by atoms with Gasteiger partial charge in [-0.3, -0.25) is 4.79 Å². The third-order valence-electron chi connectivity index (χ3n) is 4.28. The highest BCUT2D eigenvalue weighted by Crippen LogP contribution is 2.17. The smallest absolute Gasteiger partial charge is 0.408 e. The van der Waals surface area contributed by atoms with E-state index in [1.165, 1.54) is 6.08 Å². The fourth-order valence-electron chi connectivity index (χ4n) is 2.92. The summed E-state index contributed by atoms with van der Waals surface area (Å²) in [5, 5.41) is 16.6. The Kier molecular flexibility index (Phi) is 7.58. The minimum atomic E-state index is -1.16. The first kappa shape index (κ1) is 22.9. The van der Waals surface area contributed by atoms with Crippen LogP contribution in [0, 0.1) is 0 Å². The van der Waals surface area contributed by atoms with Gasteiger partial charge in [0, 0.05) is 6.42 Å². The van der Waals surface area contributed by atoms with Gasteiger partial charge in [-0.25, -0.2) is 9.59 Å². The number of carboxylic acid groups (broad SMARTS) is 1. The van der Waals surface area contributed by atoms with Crippen LogP contribution >= 0.6 is 0 Å². The van der Waals surface area contributed by atoms with Gasteiger partial charge in [0.25, 0.3) is 0 Å². The molecular weight excluding hydrogens is 384 g/mol. The first-order chi connectivity index (χ1) is 14.1. The normalized spacial score (nSPS) is 13.2. The summed E-state index contributed by atoms with van der Waals surface area (Å²) >= 11 is 0. The van der Waals surface area contributed by atoms with E-state index in [2.05, 4.69) is 17.2 Å². The van der Waals surface area contributed by atoms with Crippen LogP contribution < -0.4 is 10.6 Å². The van der Waals surface area contributed by atoms with Gasteiger partial charge in [0.2, 0.25) is 5.91 Å². The molecule has 0 aliphatic heterocycles. The number of hydrogen-bond donors (Lipinski definition) is 3. The number of nitrogens with one attached hydrogen (secondary N) is 2. The Bertz CT molecular complexity index is 933. The first-order valence-corrected chi connectivity index (χ1v) is 9.70. The molecule has 0 fully saturated rings. The lowest BCUT2D eigenvalue weighted by Crippen LogP contribution is -2.52. The lowest BCUT2D eigenvalue weighted by Gasteiger charge is -2.24. The van der Waals surface area contributed by atoms with Crippen LogP contribution in [0.25, 0.3) is 10.8 Å². The van der Waals surface area contributed by atoms with Gasteiger partial charge in [0.05, 0.1) is 0 Å². The second kappa shape index (κ2) is 9.91. The topological polar surface area (TPSA) is 105 Å². The van der Waals surface area contributed by atoms with Gasteiger partial charge < -0.3 is 20.5 Å². The highest BCUT2D eigenvalue weighted by atomic mass is 16.6.